The Morgan fingerprint density at radius 3 is 2.45 bits per heavy atom. The van der Waals surface area contributed by atoms with E-state index in [0.717, 1.165) is 44.1 Å². The fourth-order valence-electron chi connectivity index (χ4n) is 4.93. The minimum Gasteiger partial charge on any atom is -0.338 e. The highest BCUT2D eigenvalue weighted by Gasteiger charge is 2.35. The number of hydrogen-bond acceptors (Lipinski definition) is 3. The summed E-state index contributed by atoms with van der Waals surface area (Å²) >= 11 is 0. The highest BCUT2D eigenvalue weighted by molar-refractivity contribution is 5.88. The van der Waals surface area contributed by atoms with Gasteiger partial charge in [0.05, 0.1) is 0 Å². The predicted octanol–water partition coefficient (Wildman–Crippen LogP) is 3.34. The van der Waals surface area contributed by atoms with Crippen molar-refractivity contribution in [1.82, 2.24) is 20.4 Å². The molecule has 1 saturated heterocycles. The van der Waals surface area contributed by atoms with Crippen molar-refractivity contribution in [3.63, 3.8) is 0 Å². The van der Waals surface area contributed by atoms with Gasteiger partial charge >= 0.3 is 6.03 Å². The van der Waals surface area contributed by atoms with Gasteiger partial charge < -0.3 is 20.4 Å². The molecular formula is C26H40N4O3. The van der Waals surface area contributed by atoms with Gasteiger partial charge in [0.1, 0.15) is 6.04 Å². The molecule has 1 heterocycles. The van der Waals surface area contributed by atoms with Crippen LogP contribution in [0.1, 0.15) is 64.4 Å². The van der Waals surface area contributed by atoms with Gasteiger partial charge in [0, 0.05) is 44.6 Å². The summed E-state index contributed by atoms with van der Waals surface area (Å²) in [4.78, 5) is 42.7. The lowest BCUT2D eigenvalue weighted by atomic mass is 9.87. The van der Waals surface area contributed by atoms with Crippen LogP contribution in [-0.4, -0.2) is 65.9 Å². The first-order chi connectivity index (χ1) is 16.0. The summed E-state index contributed by atoms with van der Waals surface area (Å²) < 4.78 is 0. The number of carbonyl (C=O) groups is 3. The molecule has 2 aliphatic rings. The lowest BCUT2D eigenvalue weighted by Crippen LogP contribution is -2.60. The van der Waals surface area contributed by atoms with E-state index in [1.165, 1.54) is 6.42 Å². The maximum Gasteiger partial charge on any atom is 0.315 e. The molecular weight excluding hydrogens is 416 g/mol. The van der Waals surface area contributed by atoms with E-state index in [-0.39, 0.29) is 29.8 Å². The molecule has 2 fully saturated rings. The number of nitrogens with one attached hydrogen (secondary N) is 2. The van der Waals surface area contributed by atoms with E-state index in [1.807, 2.05) is 47.1 Å². The molecule has 0 bridgehead atoms. The van der Waals surface area contributed by atoms with Crippen LogP contribution >= 0.6 is 0 Å². The van der Waals surface area contributed by atoms with Gasteiger partial charge in [0.15, 0.2) is 0 Å². The van der Waals surface area contributed by atoms with Gasteiger partial charge in [-0.3, -0.25) is 9.59 Å². The van der Waals surface area contributed by atoms with Crippen LogP contribution in [0.3, 0.4) is 0 Å². The third-order valence-electron chi connectivity index (χ3n) is 6.88. The molecule has 2 unspecified atom stereocenters. The van der Waals surface area contributed by atoms with Crippen molar-refractivity contribution < 1.29 is 14.4 Å². The number of unbranched alkanes of at least 4 members (excludes halogenated alkanes) is 1. The molecule has 2 N–H and O–H groups in total. The summed E-state index contributed by atoms with van der Waals surface area (Å²) in [7, 11) is 0. The number of nitrogens with zero attached hydrogens (tertiary/aromatic N) is 2. The van der Waals surface area contributed by atoms with E-state index >= 15 is 0 Å². The molecule has 182 valence electrons. The fourth-order valence-corrected chi connectivity index (χ4v) is 4.93. The van der Waals surface area contributed by atoms with Crippen LogP contribution in [0.15, 0.2) is 30.3 Å². The molecule has 0 spiro atoms. The number of carbonyl (C=O) groups excluding carboxylic acids is 3. The molecule has 1 aromatic carbocycles. The van der Waals surface area contributed by atoms with Crippen molar-refractivity contribution in [2.75, 3.05) is 26.2 Å². The second kappa shape index (κ2) is 12.6. The Morgan fingerprint density at radius 2 is 1.79 bits per heavy atom. The number of hydrogen-bond donors (Lipinski definition) is 2. The Kier molecular flexibility index (Phi) is 9.58. The van der Waals surface area contributed by atoms with Crippen LogP contribution in [-0.2, 0) is 16.0 Å². The standard InChI is InChI=1S/C26H40N4O3/c1-3-4-15-27-26(33)28-23(18-21-11-7-5-8-12-21)25(32)29-16-17-30(20(2)19-29)24(31)22-13-9-6-10-14-22/h5,7-8,11-12,20,22-23H,3-4,6,9-10,13-19H2,1-2H3,(H2,27,28,33). The van der Waals surface area contributed by atoms with Gasteiger partial charge in [-0.1, -0.05) is 62.9 Å². The van der Waals surface area contributed by atoms with Crippen molar-refractivity contribution in [1.29, 1.82) is 0 Å². The van der Waals surface area contributed by atoms with Gasteiger partial charge in [-0.25, -0.2) is 4.79 Å². The molecule has 3 rings (SSSR count). The number of rotatable bonds is 8. The lowest BCUT2D eigenvalue weighted by molar-refractivity contribution is -0.146. The second-order valence-electron chi connectivity index (χ2n) is 9.50. The fraction of sp³-hybridized carbons (Fsp3) is 0.654. The predicted molar refractivity (Wildman–Crippen MR) is 130 cm³/mol. The zero-order valence-corrected chi connectivity index (χ0v) is 20.2. The number of urea groups is 1. The maximum absolute atomic E-state index is 13.5. The van der Waals surface area contributed by atoms with Crippen LogP contribution in [0.25, 0.3) is 0 Å². The van der Waals surface area contributed by atoms with Crippen LogP contribution in [0.5, 0.6) is 0 Å². The van der Waals surface area contributed by atoms with Crippen LogP contribution in [0.4, 0.5) is 4.79 Å². The van der Waals surface area contributed by atoms with Crippen LogP contribution in [0.2, 0.25) is 0 Å². The van der Waals surface area contributed by atoms with Crippen LogP contribution < -0.4 is 10.6 Å². The van der Waals surface area contributed by atoms with Gasteiger partial charge in [-0.15, -0.1) is 0 Å². The third kappa shape index (κ3) is 7.21. The molecule has 4 amide bonds. The van der Waals surface area contributed by atoms with Crippen molar-refractivity contribution in [2.24, 2.45) is 5.92 Å². The Labute approximate surface area is 198 Å². The zero-order chi connectivity index (χ0) is 23.6. The molecule has 0 aromatic heterocycles. The minimum atomic E-state index is -0.637. The number of piperazine rings is 1. The average Bonchev–Trinajstić information content (AvgIpc) is 2.84. The summed E-state index contributed by atoms with van der Waals surface area (Å²) in [6, 6.07) is 8.80. The molecule has 33 heavy (non-hydrogen) atoms. The summed E-state index contributed by atoms with van der Waals surface area (Å²) in [6.45, 7) is 6.25. The second-order valence-corrected chi connectivity index (χ2v) is 9.50. The van der Waals surface area contributed by atoms with Crippen molar-refractivity contribution >= 4 is 17.8 Å². The van der Waals surface area contributed by atoms with E-state index in [0.29, 0.717) is 32.6 Å². The maximum atomic E-state index is 13.5. The topological polar surface area (TPSA) is 81.8 Å². The van der Waals surface area contributed by atoms with Crippen molar-refractivity contribution in [3.05, 3.63) is 35.9 Å². The number of benzene rings is 1. The van der Waals surface area contributed by atoms with Gasteiger partial charge in [0.2, 0.25) is 11.8 Å². The molecule has 1 aliphatic carbocycles. The first-order valence-electron chi connectivity index (χ1n) is 12.7. The minimum absolute atomic E-state index is 0.0205. The molecule has 7 nitrogen and oxygen atoms in total. The highest BCUT2D eigenvalue weighted by atomic mass is 16.2. The first kappa shape index (κ1) is 25.1. The Hall–Kier alpha value is -2.57. The summed E-state index contributed by atoms with van der Waals surface area (Å²) in [5.41, 5.74) is 1.00. The Balaban J connectivity index is 1.62. The lowest BCUT2D eigenvalue weighted by Gasteiger charge is -2.42. The van der Waals surface area contributed by atoms with E-state index < -0.39 is 6.04 Å². The third-order valence-corrected chi connectivity index (χ3v) is 6.88. The van der Waals surface area contributed by atoms with Gasteiger partial charge in [0.25, 0.3) is 0 Å². The van der Waals surface area contributed by atoms with Crippen molar-refractivity contribution in [2.45, 2.75) is 77.3 Å². The van der Waals surface area contributed by atoms with E-state index in [4.69, 9.17) is 0 Å². The first-order valence-corrected chi connectivity index (χ1v) is 12.7. The normalized spacial score (nSPS) is 20.2. The molecule has 2 atom stereocenters. The molecule has 0 radical (unpaired) electrons. The quantitative estimate of drug-likeness (QED) is 0.589. The van der Waals surface area contributed by atoms with Gasteiger partial charge in [-0.05, 0) is 31.7 Å². The smallest absolute Gasteiger partial charge is 0.315 e. The summed E-state index contributed by atoms with van der Waals surface area (Å²) in [5.74, 6) is 0.312. The monoisotopic (exact) mass is 456 g/mol. The average molecular weight is 457 g/mol. The van der Waals surface area contributed by atoms with E-state index in [1.54, 1.807) is 0 Å². The molecule has 1 aliphatic heterocycles. The van der Waals surface area contributed by atoms with E-state index in [2.05, 4.69) is 17.6 Å². The molecule has 7 heteroatoms. The van der Waals surface area contributed by atoms with Gasteiger partial charge in [-0.2, -0.15) is 0 Å². The van der Waals surface area contributed by atoms with E-state index in [9.17, 15) is 14.4 Å². The SMILES string of the molecule is CCCCNC(=O)NC(Cc1ccccc1)C(=O)N1CCN(C(=O)C2CCCCC2)C(C)C1. The highest BCUT2D eigenvalue weighted by Crippen LogP contribution is 2.27. The number of amides is 4. The van der Waals surface area contributed by atoms with Crippen molar-refractivity contribution in [3.8, 4) is 0 Å². The zero-order valence-electron chi connectivity index (χ0n) is 20.2. The Morgan fingerprint density at radius 1 is 1.06 bits per heavy atom. The summed E-state index contributed by atoms with van der Waals surface area (Å²) in [5, 5.41) is 5.75. The molecule has 1 saturated carbocycles. The summed E-state index contributed by atoms with van der Waals surface area (Å²) in [6.07, 6.45) is 7.81. The molecule has 1 aromatic rings. The van der Waals surface area contributed by atoms with Crippen LogP contribution in [0, 0.1) is 5.92 Å². The Bertz CT molecular complexity index is 779. The largest absolute Gasteiger partial charge is 0.338 e.